The number of hydrogen-bond donors (Lipinski definition) is 0. The molecule has 1 atom stereocenters. The number of piperidine rings is 1. The van der Waals surface area contributed by atoms with Crippen LogP contribution in [0.15, 0.2) is 46.9 Å². The first kappa shape index (κ1) is 25.4. The van der Waals surface area contributed by atoms with Crippen LogP contribution in [-0.2, 0) is 16.6 Å². The molecule has 2 aliphatic rings. The molecule has 0 saturated carbocycles. The fourth-order valence-electron chi connectivity index (χ4n) is 4.49. The van der Waals surface area contributed by atoms with Crippen LogP contribution in [0.1, 0.15) is 12.8 Å². The van der Waals surface area contributed by atoms with Crippen LogP contribution in [0.2, 0.25) is 0 Å². The zero-order valence-corrected chi connectivity index (χ0v) is 22.4. The number of nitrogens with zero attached hydrogens (tertiary/aromatic N) is 5. The highest BCUT2D eigenvalue weighted by atomic mass is 32.2. The Morgan fingerprint density at radius 2 is 1.92 bits per heavy atom. The third kappa shape index (κ3) is 5.85. The van der Waals surface area contributed by atoms with Crippen LogP contribution < -0.4 is 9.47 Å². The largest absolute Gasteiger partial charge is 0.497 e. The maximum absolute atomic E-state index is 12.8. The average molecular weight is 544 g/mol. The van der Waals surface area contributed by atoms with E-state index in [-0.39, 0.29) is 24.1 Å². The number of hydrogen-bond acceptors (Lipinski definition) is 9. The van der Waals surface area contributed by atoms with Crippen molar-refractivity contribution in [3.05, 3.63) is 41.8 Å². The Kier molecular flexibility index (Phi) is 7.85. The summed E-state index contributed by atoms with van der Waals surface area (Å²) in [6, 6.07) is 11.3. The van der Waals surface area contributed by atoms with Crippen molar-refractivity contribution in [1.82, 2.24) is 24.6 Å². The van der Waals surface area contributed by atoms with Crippen molar-refractivity contribution in [2.75, 3.05) is 39.1 Å². The summed E-state index contributed by atoms with van der Waals surface area (Å²) in [6.07, 6.45) is 0.817. The summed E-state index contributed by atoms with van der Waals surface area (Å²) >= 11 is 3.01. The van der Waals surface area contributed by atoms with Crippen LogP contribution in [0, 0.1) is 0 Å². The van der Waals surface area contributed by atoms with Crippen LogP contribution >= 0.6 is 23.1 Å². The van der Waals surface area contributed by atoms with Crippen molar-refractivity contribution < 1.29 is 23.8 Å². The summed E-state index contributed by atoms with van der Waals surface area (Å²) in [7, 11) is 3.53. The van der Waals surface area contributed by atoms with Crippen molar-refractivity contribution in [3.8, 4) is 22.2 Å². The van der Waals surface area contributed by atoms with Gasteiger partial charge >= 0.3 is 6.09 Å². The van der Waals surface area contributed by atoms with Crippen LogP contribution in [0.3, 0.4) is 0 Å². The fourth-order valence-corrected chi connectivity index (χ4v) is 6.05. The molecule has 37 heavy (non-hydrogen) atoms. The summed E-state index contributed by atoms with van der Waals surface area (Å²) < 4.78 is 18.4. The molecule has 0 spiro atoms. The number of amides is 2. The summed E-state index contributed by atoms with van der Waals surface area (Å²) in [5.74, 6) is 2.63. The second-order valence-electron chi connectivity index (χ2n) is 8.89. The smallest absolute Gasteiger partial charge is 0.410 e. The van der Waals surface area contributed by atoms with E-state index in [1.807, 2.05) is 58.3 Å². The van der Waals surface area contributed by atoms with Gasteiger partial charge in [-0.05, 0) is 48.6 Å². The number of rotatable bonds is 9. The molecule has 0 aliphatic carbocycles. The molecule has 2 saturated heterocycles. The van der Waals surface area contributed by atoms with Gasteiger partial charge in [0.15, 0.2) is 17.1 Å². The lowest BCUT2D eigenvalue weighted by atomic mass is 10.0. The SMILES string of the molecule is COc1ccc(OCC2CN(C3CCN(C(=O)CSc4nnc(-c5cccs5)n4C)CC3)C(=O)O2)cc1. The molecule has 0 radical (unpaired) electrons. The predicted molar refractivity (Wildman–Crippen MR) is 140 cm³/mol. The lowest BCUT2D eigenvalue weighted by molar-refractivity contribution is -0.129. The van der Waals surface area contributed by atoms with E-state index in [4.69, 9.17) is 14.2 Å². The Hall–Kier alpha value is -3.25. The van der Waals surface area contributed by atoms with Crippen LogP contribution in [0.5, 0.6) is 11.5 Å². The molecule has 5 rings (SSSR count). The van der Waals surface area contributed by atoms with Crippen molar-refractivity contribution in [3.63, 3.8) is 0 Å². The number of methoxy groups -OCH3 is 1. The highest BCUT2D eigenvalue weighted by molar-refractivity contribution is 7.99. The minimum absolute atomic E-state index is 0.0577. The number of likely N-dealkylation sites (tertiary alicyclic amines) is 1. The number of carbonyl (C=O) groups excluding carboxylic acids is 2. The van der Waals surface area contributed by atoms with E-state index in [0.717, 1.165) is 29.3 Å². The molecular weight excluding hydrogens is 514 g/mol. The summed E-state index contributed by atoms with van der Waals surface area (Å²) in [5.41, 5.74) is 0. The molecule has 4 heterocycles. The summed E-state index contributed by atoms with van der Waals surface area (Å²) in [4.78, 5) is 30.0. The molecule has 0 N–H and O–H groups in total. The van der Waals surface area contributed by atoms with Crippen molar-refractivity contribution in [1.29, 1.82) is 0 Å². The lowest BCUT2D eigenvalue weighted by Gasteiger charge is -2.35. The maximum atomic E-state index is 12.8. The zero-order chi connectivity index (χ0) is 25.8. The molecule has 2 fully saturated rings. The third-order valence-corrected chi connectivity index (χ3v) is 8.43. The molecule has 3 aromatic rings. The molecule has 10 nitrogen and oxygen atoms in total. The Labute approximate surface area is 223 Å². The van der Waals surface area contributed by atoms with E-state index in [1.54, 1.807) is 23.3 Å². The highest BCUT2D eigenvalue weighted by Crippen LogP contribution is 2.27. The molecular formula is C25H29N5O5S2. The number of carbonyl (C=O) groups is 2. The normalized spacial score (nSPS) is 18.2. The van der Waals surface area contributed by atoms with E-state index in [0.29, 0.717) is 42.9 Å². The van der Waals surface area contributed by atoms with E-state index >= 15 is 0 Å². The second-order valence-corrected chi connectivity index (χ2v) is 10.8. The van der Waals surface area contributed by atoms with Gasteiger partial charge in [0, 0.05) is 26.2 Å². The van der Waals surface area contributed by atoms with Gasteiger partial charge < -0.3 is 28.6 Å². The number of ether oxygens (including phenoxy) is 3. The van der Waals surface area contributed by atoms with E-state index in [2.05, 4.69) is 10.2 Å². The molecule has 1 unspecified atom stereocenters. The van der Waals surface area contributed by atoms with E-state index in [9.17, 15) is 9.59 Å². The zero-order valence-electron chi connectivity index (χ0n) is 20.7. The van der Waals surface area contributed by atoms with Gasteiger partial charge in [0.25, 0.3) is 0 Å². The molecule has 2 aromatic heterocycles. The van der Waals surface area contributed by atoms with Gasteiger partial charge in [0.2, 0.25) is 5.91 Å². The monoisotopic (exact) mass is 543 g/mol. The number of thiophene rings is 1. The van der Waals surface area contributed by atoms with Gasteiger partial charge in [-0.2, -0.15) is 0 Å². The average Bonchev–Trinajstić information content (AvgIpc) is 3.67. The Bertz CT molecular complexity index is 1210. The lowest BCUT2D eigenvalue weighted by Crippen LogP contribution is -2.47. The Morgan fingerprint density at radius 3 is 2.62 bits per heavy atom. The first-order valence-corrected chi connectivity index (χ1v) is 14.0. The first-order valence-electron chi connectivity index (χ1n) is 12.1. The number of benzene rings is 1. The van der Waals surface area contributed by atoms with Gasteiger partial charge in [-0.15, -0.1) is 21.5 Å². The molecule has 2 amide bonds. The third-order valence-electron chi connectivity index (χ3n) is 6.56. The minimum atomic E-state index is -0.323. The first-order chi connectivity index (χ1) is 18.0. The van der Waals surface area contributed by atoms with Crippen molar-refractivity contribution >= 4 is 35.1 Å². The molecule has 12 heteroatoms. The van der Waals surface area contributed by atoms with Gasteiger partial charge in [-0.1, -0.05) is 17.8 Å². The van der Waals surface area contributed by atoms with Crippen molar-refractivity contribution in [2.24, 2.45) is 7.05 Å². The Balaban J connectivity index is 1.06. The van der Waals surface area contributed by atoms with Crippen LogP contribution in [0.25, 0.3) is 10.7 Å². The predicted octanol–water partition coefficient (Wildman–Crippen LogP) is 3.54. The van der Waals surface area contributed by atoms with Gasteiger partial charge in [-0.3, -0.25) is 4.79 Å². The standard InChI is InChI=1S/C25H29N5O5S2/c1-28-23(21-4-3-13-36-21)26-27-24(28)37-16-22(31)29-11-9-17(10-12-29)30-14-20(35-25(30)32)15-34-19-7-5-18(33-2)6-8-19/h3-8,13,17,20H,9-12,14-16H2,1-2H3. The summed E-state index contributed by atoms with van der Waals surface area (Å²) in [5, 5.41) is 11.2. The minimum Gasteiger partial charge on any atom is -0.497 e. The number of aromatic nitrogens is 3. The quantitative estimate of drug-likeness (QED) is 0.378. The van der Waals surface area contributed by atoms with Crippen molar-refractivity contribution in [2.45, 2.75) is 30.1 Å². The second kappa shape index (κ2) is 11.4. The highest BCUT2D eigenvalue weighted by Gasteiger charge is 2.38. The number of thioether (sulfide) groups is 1. The molecule has 0 bridgehead atoms. The van der Waals surface area contributed by atoms with Gasteiger partial charge in [0.1, 0.15) is 18.1 Å². The van der Waals surface area contributed by atoms with Gasteiger partial charge in [-0.25, -0.2) is 4.79 Å². The fraction of sp³-hybridized carbons (Fsp3) is 0.440. The van der Waals surface area contributed by atoms with E-state index < -0.39 is 0 Å². The summed E-state index contributed by atoms with van der Waals surface area (Å²) in [6.45, 7) is 2.00. The maximum Gasteiger partial charge on any atom is 0.410 e. The topological polar surface area (TPSA) is 99.0 Å². The van der Waals surface area contributed by atoms with Gasteiger partial charge in [0.05, 0.1) is 24.3 Å². The molecule has 1 aromatic carbocycles. The Morgan fingerprint density at radius 1 is 1.16 bits per heavy atom. The molecule has 2 aliphatic heterocycles. The van der Waals surface area contributed by atoms with Crippen LogP contribution in [0.4, 0.5) is 4.79 Å². The van der Waals surface area contributed by atoms with Crippen LogP contribution in [-0.4, -0.2) is 87.8 Å². The molecule has 196 valence electrons. The number of cyclic esters (lactones) is 1. The van der Waals surface area contributed by atoms with E-state index in [1.165, 1.54) is 11.8 Å².